The average molecular weight is 397 g/mol. The lowest BCUT2D eigenvalue weighted by Crippen LogP contribution is -2.26. The first kappa shape index (κ1) is 17.9. The molecular formula is C18H15N5O4S. The van der Waals surface area contributed by atoms with Gasteiger partial charge in [-0.2, -0.15) is 10.2 Å². The topological polar surface area (TPSA) is 120 Å². The minimum absolute atomic E-state index is 0.0146. The molecule has 0 bridgehead atoms. The highest BCUT2D eigenvalue weighted by Crippen LogP contribution is 2.23. The number of benzene rings is 1. The number of nitrogens with zero attached hydrogens (tertiary/aromatic N) is 4. The van der Waals surface area contributed by atoms with E-state index in [4.69, 9.17) is 0 Å². The number of rotatable bonds is 4. The maximum absolute atomic E-state index is 12.7. The van der Waals surface area contributed by atoms with E-state index in [1.54, 1.807) is 19.2 Å². The summed E-state index contributed by atoms with van der Waals surface area (Å²) < 4.78 is 28.0. The molecule has 3 aromatic heterocycles. The fourth-order valence-corrected chi connectivity index (χ4v) is 4.14. The van der Waals surface area contributed by atoms with Gasteiger partial charge in [-0.3, -0.25) is 14.3 Å². The van der Waals surface area contributed by atoms with E-state index in [1.165, 1.54) is 52.4 Å². The molecule has 0 fully saturated rings. The summed E-state index contributed by atoms with van der Waals surface area (Å²) in [5.41, 5.74) is -0.312. The molecule has 0 aliphatic carbocycles. The lowest BCUT2D eigenvalue weighted by molar-refractivity contribution is 0.596. The third-order valence-corrected chi connectivity index (χ3v) is 6.05. The van der Waals surface area contributed by atoms with E-state index in [2.05, 4.69) is 15.2 Å². The second-order valence-electron chi connectivity index (χ2n) is 6.23. The minimum Gasteiger partial charge on any atom is -0.329 e. The molecule has 0 saturated heterocycles. The van der Waals surface area contributed by atoms with Gasteiger partial charge in [-0.15, -0.1) is 0 Å². The number of H-pyrrole nitrogens is 1. The van der Waals surface area contributed by atoms with Gasteiger partial charge in [0.15, 0.2) is 0 Å². The summed E-state index contributed by atoms with van der Waals surface area (Å²) in [6, 6.07) is 7.52. The van der Waals surface area contributed by atoms with Crippen molar-refractivity contribution < 1.29 is 8.42 Å². The number of aromatic amines is 1. The van der Waals surface area contributed by atoms with Crippen molar-refractivity contribution in [3.63, 3.8) is 0 Å². The van der Waals surface area contributed by atoms with Gasteiger partial charge in [0.1, 0.15) is 4.90 Å². The average Bonchev–Trinajstić information content (AvgIpc) is 3.12. The van der Waals surface area contributed by atoms with E-state index < -0.39 is 15.4 Å². The fourth-order valence-electron chi connectivity index (χ4n) is 2.86. The molecule has 10 heteroatoms. The van der Waals surface area contributed by atoms with E-state index in [0.29, 0.717) is 16.3 Å². The highest BCUT2D eigenvalue weighted by atomic mass is 32.2. The largest absolute Gasteiger partial charge is 0.329 e. The Labute approximate surface area is 158 Å². The van der Waals surface area contributed by atoms with Crippen LogP contribution in [-0.4, -0.2) is 33.0 Å². The van der Waals surface area contributed by atoms with Gasteiger partial charge in [0.2, 0.25) is 9.84 Å². The van der Waals surface area contributed by atoms with Crippen LogP contribution in [-0.2, 0) is 23.4 Å². The Bertz CT molecular complexity index is 1420. The molecule has 4 aromatic rings. The van der Waals surface area contributed by atoms with Crippen LogP contribution in [0.3, 0.4) is 0 Å². The first-order chi connectivity index (χ1) is 13.4. The lowest BCUT2D eigenvalue weighted by atomic mass is 10.2. The molecule has 0 aliphatic rings. The molecule has 1 N–H and O–H groups in total. The Kier molecular flexibility index (Phi) is 4.19. The van der Waals surface area contributed by atoms with E-state index in [1.807, 2.05) is 0 Å². The Balaban J connectivity index is 1.77. The maximum atomic E-state index is 12.7. The quantitative estimate of drug-likeness (QED) is 0.541. The summed E-state index contributed by atoms with van der Waals surface area (Å²) in [5, 5.41) is 8.68. The first-order valence-electron chi connectivity index (χ1n) is 8.26. The number of hydrogen-bond donors (Lipinski definition) is 1. The van der Waals surface area contributed by atoms with E-state index in [0.717, 1.165) is 0 Å². The van der Waals surface area contributed by atoms with Crippen LogP contribution in [0.15, 0.2) is 74.5 Å². The number of hydrogen-bond acceptors (Lipinski definition) is 6. The molecule has 0 unspecified atom stereocenters. The van der Waals surface area contributed by atoms with E-state index >= 15 is 0 Å². The second-order valence-corrected chi connectivity index (χ2v) is 8.18. The zero-order valence-corrected chi connectivity index (χ0v) is 15.5. The summed E-state index contributed by atoms with van der Waals surface area (Å²) >= 11 is 0. The molecule has 0 radical (unpaired) electrons. The van der Waals surface area contributed by atoms with Gasteiger partial charge < -0.3 is 4.98 Å². The third kappa shape index (κ3) is 3.03. The molecule has 4 rings (SSSR count). The Hall–Kier alpha value is -3.53. The smallest absolute Gasteiger partial charge is 0.274 e. The third-order valence-electron chi connectivity index (χ3n) is 4.35. The van der Waals surface area contributed by atoms with Crippen LogP contribution in [0.4, 0.5) is 0 Å². The van der Waals surface area contributed by atoms with Crippen LogP contribution in [0.25, 0.3) is 10.8 Å². The van der Waals surface area contributed by atoms with Gasteiger partial charge in [-0.1, -0.05) is 6.07 Å². The molecule has 0 spiro atoms. The monoisotopic (exact) mass is 397 g/mol. The molecule has 0 amide bonds. The number of sulfone groups is 1. The Morgan fingerprint density at radius 3 is 2.61 bits per heavy atom. The van der Waals surface area contributed by atoms with Crippen LogP contribution < -0.4 is 11.1 Å². The summed E-state index contributed by atoms with van der Waals surface area (Å²) in [6.45, 7) is 0.0146. The van der Waals surface area contributed by atoms with Crippen LogP contribution in [0, 0.1) is 0 Å². The van der Waals surface area contributed by atoms with Crippen molar-refractivity contribution in [1.29, 1.82) is 0 Å². The number of aromatic nitrogens is 5. The summed E-state index contributed by atoms with van der Waals surface area (Å²) in [5.74, 6) is 0. The Morgan fingerprint density at radius 2 is 1.89 bits per heavy atom. The lowest BCUT2D eigenvalue weighted by Gasteiger charge is -2.07. The van der Waals surface area contributed by atoms with Crippen molar-refractivity contribution >= 4 is 20.6 Å². The van der Waals surface area contributed by atoms with Crippen molar-refractivity contribution in [2.24, 2.45) is 7.05 Å². The molecule has 0 aliphatic heterocycles. The molecule has 0 atom stereocenters. The highest BCUT2D eigenvalue weighted by molar-refractivity contribution is 7.91. The van der Waals surface area contributed by atoms with Crippen LogP contribution >= 0.6 is 0 Å². The van der Waals surface area contributed by atoms with Gasteiger partial charge in [-0.05, 0) is 24.3 Å². The van der Waals surface area contributed by atoms with Gasteiger partial charge in [0.25, 0.3) is 11.1 Å². The molecule has 3 heterocycles. The summed E-state index contributed by atoms with van der Waals surface area (Å²) in [7, 11) is -2.12. The van der Waals surface area contributed by atoms with Gasteiger partial charge in [-0.25, -0.2) is 13.1 Å². The molecule has 142 valence electrons. The predicted molar refractivity (Wildman–Crippen MR) is 101 cm³/mol. The van der Waals surface area contributed by atoms with Crippen molar-refractivity contribution in [2.45, 2.75) is 16.3 Å². The molecular weight excluding hydrogens is 382 g/mol. The fraction of sp³-hybridized carbons (Fsp3) is 0.111. The first-order valence-corrected chi connectivity index (χ1v) is 9.75. The van der Waals surface area contributed by atoms with Gasteiger partial charge in [0.05, 0.1) is 29.2 Å². The predicted octanol–water partition coefficient (Wildman–Crippen LogP) is 0.699. The number of pyridine rings is 1. The van der Waals surface area contributed by atoms with E-state index in [-0.39, 0.29) is 21.9 Å². The normalized spacial score (nSPS) is 11.8. The van der Waals surface area contributed by atoms with Crippen LogP contribution in [0.5, 0.6) is 0 Å². The number of aryl methyl sites for hydroxylation is 1. The van der Waals surface area contributed by atoms with Gasteiger partial charge in [0, 0.05) is 30.4 Å². The number of fused-ring (bicyclic) bond motifs is 1. The minimum atomic E-state index is -3.75. The van der Waals surface area contributed by atoms with Crippen molar-refractivity contribution in [3.05, 3.63) is 81.4 Å². The van der Waals surface area contributed by atoms with Crippen LogP contribution in [0.1, 0.15) is 5.56 Å². The number of nitrogens with one attached hydrogen (secondary N) is 1. The summed E-state index contributed by atoms with van der Waals surface area (Å²) in [6.07, 6.45) is 5.60. The van der Waals surface area contributed by atoms with Crippen molar-refractivity contribution in [2.75, 3.05) is 0 Å². The Morgan fingerprint density at radius 1 is 1.07 bits per heavy atom. The standard InChI is InChI=1S/C18H15N5O4S/c1-22-11-15(9-20-22)28(26,27)14-4-5-16-13(7-14)8-21-23(18(16)25)10-12-3-2-6-19-17(12)24/h2-9,11H,10H2,1H3,(H,19,24). The second kappa shape index (κ2) is 6.57. The van der Waals surface area contributed by atoms with Crippen molar-refractivity contribution in [3.8, 4) is 0 Å². The SMILES string of the molecule is Cn1cc(S(=O)(=O)c2ccc3c(=O)n(Cc4ccc[nH]c4=O)ncc3c2)cn1. The highest BCUT2D eigenvalue weighted by Gasteiger charge is 2.20. The van der Waals surface area contributed by atoms with Crippen molar-refractivity contribution in [1.82, 2.24) is 24.5 Å². The maximum Gasteiger partial charge on any atom is 0.274 e. The molecule has 0 saturated carbocycles. The van der Waals surface area contributed by atoms with Gasteiger partial charge >= 0.3 is 0 Å². The van der Waals surface area contributed by atoms with E-state index in [9.17, 15) is 18.0 Å². The molecule has 9 nitrogen and oxygen atoms in total. The molecule has 1 aromatic carbocycles. The zero-order valence-electron chi connectivity index (χ0n) is 14.7. The zero-order chi connectivity index (χ0) is 19.9. The molecule has 28 heavy (non-hydrogen) atoms. The van der Waals surface area contributed by atoms with Crippen LogP contribution in [0.2, 0.25) is 0 Å². The summed E-state index contributed by atoms with van der Waals surface area (Å²) in [4.78, 5) is 27.2.